The summed E-state index contributed by atoms with van der Waals surface area (Å²) in [6.07, 6.45) is 0.624. The number of rotatable bonds is 7. The summed E-state index contributed by atoms with van der Waals surface area (Å²) in [6.45, 7) is 2.07. The predicted molar refractivity (Wildman–Crippen MR) is 93.1 cm³/mol. The van der Waals surface area contributed by atoms with E-state index in [0.717, 1.165) is 11.1 Å². The molecule has 0 unspecified atom stereocenters. The lowest BCUT2D eigenvalue weighted by Crippen LogP contribution is -2.30. The van der Waals surface area contributed by atoms with E-state index in [1.54, 1.807) is 37.3 Å². The van der Waals surface area contributed by atoms with Crippen LogP contribution in [0.2, 0.25) is 0 Å². The van der Waals surface area contributed by atoms with Crippen LogP contribution in [-0.4, -0.2) is 29.2 Å². The summed E-state index contributed by atoms with van der Waals surface area (Å²) >= 11 is 0. The zero-order valence-corrected chi connectivity index (χ0v) is 14.2. The Morgan fingerprint density at radius 2 is 2.04 bits per heavy atom. The largest absolute Gasteiger partial charge is 0.484 e. The second kappa shape index (κ2) is 8.24. The standard InChI is InChI=1S/C19H18FN3O3/c1-13-22-19(23-26-13)15-3-2-4-17(11-15)25-12-18(24)21-10-9-14-5-7-16(20)8-6-14/h2-8,11H,9-10,12H2,1H3,(H,21,24). The number of hydrogen-bond donors (Lipinski definition) is 1. The van der Waals surface area contributed by atoms with Gasteiger partial charge in [0.05, 0.1) is 0 Å². The molecule has 0 atom stereocenters. The van der Waals surface area contributed by atoms with Crippen molar-refractivity contribution in [1.29, 1.82) is 0 Å². The maximum absolute atomic E-state index is 12.8. The summed E-state index contributed by atoms with van der Waals surface area (Å²) in [4.78, 5) is 16.0. The number of carbonyl (C=O) groups is 1. The Hall–Kier alpha value is -3.22. The number of nitrogens with one attached hydrogen (secondary N) is 1. The van der Waals surface area contributed by atoms with Crippen molar-refractivity contribution in [3.63, 3.8) is 0 Å². The van der Waals surface area contributed by atoms with Gasteiger partial charge < -0.3 is 14.6 Å². The maximum Gasteiger partial charge on any atom is 0.257 e. The van der Waals surface area contributed by atoms with E-state index in [0.29, 0.717) is 30.4 Å². The molecule has 0 saturated heterocycles. The zero-order valence-electron chi connectivity index (χ0n) is 14.2. The highest BCUT2D eigenvalue weighted by Gasteiger charge is 2.08. The number of carbonyl (C=O) groups excluding carboxylic acids is 1. The van der Waals surface area contributed by atoms with E-state index in [4.69, 9.17) is 9.26 Å². The Morgan fingerprint density at radius 1 is 1.23 bits per heavy atom. The first-order valence-corrected chi connectivity index (χ1v) is 8.15. The number of ether oxygens (including phenoxy) is 1. The molecule has 1 heterocycles. The van der Waals surface area contributed by atoms with E-state index in [2.05, 4.69) is 15.5 Å². The van der Waals surface area contributed by atoms with Crippen LogP contribution in [0.3, 0.4) is 0 Å². The molecule has 0 fully saturated rings. The van der Waals surface area contributed by atoms with E-state index in [1.165, 1.54) is 12.1 Å². The summed E-state index contributed by atoms with van der Waals surface area (Å²) in [5, 5.41) is 6.62. The lowest BCUT2D eigenvalue weighted by atomic mass is 10.1. The van der Waals surface area contributed by atoms with Crippen molar-refractivity contribution in [3.05, 3.63) is 65.8 Å². The number of nitrogens with zero attached hydrogens (tertiary/aromatic N) is 2. The van der Waals surface area contributed by atoms with Crippen LogP contribution in [0.25, 0.3) is 11.4 Å². The van der Waals surface area contributed by atoms with E-state index in [1.807, 2.05) is 6.07 Å². The van der Waals surface area contributed by atoms with E-state index < -0.39 is 0 Å². The van der Waals surface area contributed by atoms with Crippen molar-refractivity contribution < 1.29 is 18.4 Å². The predicted octanol–water partition coefficient (Wildman–Crippen LogP) is 2.92. The molecule has 0 radical (unpaired) electrons. The Kier molecular flexibility index (Phi) is 5.58. The van der Waals surface area contributed by atoms with Gasteiger partial charge in [-0.05, 0) is 36.2 Å². The number of benzene rings is 2. The molecule has 0 aliphatic carbocycles. The number of amides is 1. The third-order valence-electron chi connectivity index (χ3n) is 3.64. The van der Waals surface area contributed by atoms with Crippen LogP contribution in [0.15, 0.2) is 53.1 Å². The Labute approximate surface area is 150 Å². The van der Waals surface area contributed by atoms with Gasteiger partial charge in [-0.25, -0.2) is 4.39 Å². The molecular formula is C19H18FN3O3. The smallest absolute Gasteiger partial charge is 0.257 e. The second-order valence-electron chi connectivity index (χ2n) is 5.68. The Morgan fingerprint density at radius 3 is 2.77 bits per heavy atom. The molecule has 2 aromatic carbocycles. The van der Waals surface area contributed by atoms with Gasteiger partial charge in [0.25, 0.3) is 5.91 Å². The molecule has 7 heteroatoms. The first kappa shape index (κ1) is 17.6. The fourth-order valence-corrected chi connectivity index (χ4v) is 2.34. The summed E-state index contributed by atoms with van der Waals surface area (Å²) in [7, 11) is 0. The Bertz CT molecular complexity index is 878. The number of aromatic nitrogens is 2. The average molecular weight is 355 g/mol. The second-order valence-corrected chi connectivity index (χ2v) is 5.68. The molecule has 1 aromatic heterocycles. The molecule has 3 rings (SSSR count). The van der Waals surface area contributed by atoms with E-state index in [-0.39, 0.29) is 18.3 Å². The minimum absolute atomic E-state index is 0.0991. The highest BCUT2D eigenvalue weighted by Crippen LogP contribution is 2.21. The monoisotopic (exact) mass is 355 g/mol. The van der Waals surface area contributed by atoms with Crippen molar-refractivity contribution >= 4 is 5.91 Å². The summed E-state index contributed by atoms with van der Waals surface area (Å²) in [5.41, 5.74) is 1.70. The molecule has 6 nitrogen and oxygen atoms in total. The molecule has 0 spiro atoms. The van der Waals surface area contributed by atoms with Crippen molar-refractivity contribution in [3.8, 4) is 17.1 Å². The third-order valence-corrected chi connectivity index (χ3v) is 3.64. The van der Waals surface area contributed by atoms with Crippen LogP contribution in [0.5, 0.6) is 5.75 Å². The minimum atomic E-state index is -0.274. The molecule has 0 aliphatic rings. The lowest BCUT2D eigenvalue weighted by molar-refractivity contribution is -0.123. The molecule has 1 N–H and O–H groups in total. The highest BCUT2D eigenvalue weighted by atomic mass is 19.1. The molecular weight excluding hydrogens is 337 g/mol. The van der Waals surface area contributed by atoms with Gasteiger partial charge in [-0.3, -0.25) is 4.79 Å². The van der Waals surface area contributed by atoms with Crippen molar-refractivity contribution in [1.82, 2.24) is 15.5 Å². The van der Waals surface area contributed by atoms with Crippen molar-refractivity contribution in [2.24, 2.45) is 0 Å². The van der Waals surface area contributed by atoms with Crippen LogP contribution in [-0.2, 0) is 11.2 Å². The molecule has 0 bridgehead atoms. The third kappa shape index (κ3) is 4.89. The lowest BCUT2D eigenvalue weighted by Gasteiger charge is -2.08. The van der Waals surface area contributed by atoms with Gasteiger partial charge in [-0.1, -0.05) is 29.4 Å². The zero-order chi connectivity index (χ0) is 18.4. The molecule has 134 valence electrons. The maximum atomic E-state index is 12.8. The van der Waals surface area contributed by atoms with Crippen molar-refractivity contribution in [2.45, 2.75) is 13.3 Å². The van der Waals surface area contributed by atoms with E-state index in [9.17, 15) is 9.18 Å². The van der Waals surface area contributed by atoms with Crippen LogP contribution in [0, 0.1) is 12.7 Å². The molecule has 0 aliphatic heterocycles. The van der Waals surface area contributed by atoms with Gasteiger partial charge >= 0.3 is 0 Å². The van der Waals surface area contributed by atoms with Crippen LogP contribution in [0.4, 0.5) is 4.39 Å². The average Bonchev–Trinajstić information content (AvgIpc) is 3.08. The molecule has 26 heavy (non-hydrogen) atoms. The van der Waals surface area contributed by atoms with Crippen molar-refractivity contribution in [2.75, 3.05) is 13.2 Å². The van der Waals surface area contributed by atoms with Crippen LogP contribution < -0.4 is 10.1 Å². The van der Waals surface area contributed by atoms with E-state index >= 15 is 0 Å². The minimum Gasteiger partial charge on any atom is -0.484 e. The highest BCUT2D eigenvalue weighted by molar-refractivity contribution is 5.77. The normalized spacial score (nSPS) is 10.5. The number of aryl methyl sites for hydroxylation is 1. The van der Waals surface area contributed by atoms with Gasteiger partial charge in [0, 0.05) is 19.0 Å². The first-order chi connectivity index (χ1) is 12.6. The summed E-state index contributed by atoms with van der Waals surface area (Å²) < 4.78 is 23.3. The SMILES string of the molecule is Cc1nc(-c2cccc(OCC(=O)NCCc3ccc(F)cc3)c2)no1. The van der Waals surface area contributed by atoms with Gasteiger partial charge in [-0.15, -0.1) is 0 Å². The van der Waals surface area contributed by atoms with Gasteiger partial charge in [0.2, 0.25) is 11.7 Å². The topological polar surface area (TPSA) is 77.2 Å². The van der Waals surface area contributed by atoms with Crippen LogP contribution in [0.1, 0.15) is 11.5 Å². The Balaban J connectivity index is 1.46. The fourth-order valence-electron chi connectivity index (χ4n) is 2.34. The molecule has 3 aromatic rings. The summed E-state index contributed by atoms with van der Waals surface area (Å²) in [5.74, 6) is 0.986. The summed E-state index contributed by atoms with van der Waals surface area (Å²) in [6, 6.07) is 13.3. The number of halogens is 1. The first-order valence-electron chi connectivity index (χ1n) is 8.15. The van der Waals surface area contributed by atoms with Crippen LogP contribution >= 0.6 is 0 Å². The molecule has 1 amide bonds. The fraction of sp³-hybridized carbons (Fsp3) is 0.211. The molecule has 0 saturated carbocycles. The quantitative estimate of drug-likeness (QED) is 0.705. The number of hydrogen-bond acceptors (Lipinski definition) is 5. The van der Waals surface area contributed by atoms with Gasteiger partial charge in [0.1, 0.15) is 11.6 Å². The van der Waals surface area contributed by atoms with Gasteiger partial charge in [-0.2, -0.15) is 4.98 Å². The van der Waals surface area contributed by atoms with Gasteiger partial charge in [0.15, 0.2) is 6.61 Å².